The van der Waals surface area contributed by atoms with E-state index in [0.717, 1.165) is 37.4 Å². The van der Waals surface area contributed by atoms with Gasteiger partial charge in [-0.2, -0.15) is 0 Å². The number of rotatable bonds is 12. The van der Waals surface area contributed by atoms with Gasteiger partial charge in [0.25, 0.3) is 5.91 Å². The Hall–Kier alpha value is -2.45. The Morgan fingerprint density at radius 1 is 1.15 bits per heavy atom. The van der Waals surface area contributed by atoms with Crippen molar-refractivity contribution in [1.82, 2.24) is 15.5 Å². The van der Waals surface area contributed by atoms with Crippen molar-refractivity contribution in [3.8, 4) is 5.75 Å². The number of amides is 1. The number of methoxy groups -OCH3 is 2. The van der Waals surface area contributed by atoms with Crippen LogP contribution in [0.25, 0.3) is 0 Å². The Morgan fingerprint density at radius 3 is 2.56 bits per heavy atom. The first kappa shape index (κ1) is 26.2. The highest BCUT2D eigenvalue weighted by Crippen LogP contribution is 2.26. The Morgan fingerprint density at radius 2 is 1.88 bits per heavy atom. The topological polar surface area (TPSA) is 83.1 Å². The van der Waals surface area contributed by atoms with Crippen molar-refractivity contribution >= 4 is 5.91 Å². The molecule has 7 nitrogen and oxygen atoms in total. The minimum atomic E-state index is -1.02. The molecule has 1 amide bonds. The van der Waals surface area contributed by atoms with E-state index in [1.165, 1.54) is 12.7 Å². The number of carbonyl (C=O) groups excluding carboxylic acids is 1. The van der Waals surface area contributed by atoms with Crippen LogP contribution in [-0.2, 0) is 17.6 Å². The molecular weight excluding hydrogens is 430 g/mol. The molecule has 2 aromatic carbocycles. The summed E-state index contributed by atoms with van der Waals surface area (Å²) in [5, 5.41) is 16.0. The second-order valence-electron chi connectivity index (χ2n) is 9.24. The van der Waals surface area contributed by atoms with E-state index in [4.69, 9.17) is 9.47 Å². The van der Waals surface area contributed by atoms with Crippen LogP contribution in [0.5, 0.6) is 5.75 Å². The van der Waals surface area contributed by atoms with Crippen molar-refractivity contribution in [2.75, 3.05) is 40.4 Å². The van der Waals surface area contributed by atoms with Crippen molar-refractivity contribution in [2.24, 2.45) is 11.8 Å². The molecule has 0 aromatic heterocycles. The quantitative estimate of drug-likeness (QED) is 0.415. The number of benzene rings is 2. The third kappa shape index (κ3) is 7.03. The molecule has 2 aromatic rings. The molecule has 3 rings (SSSR count). The molecule has 0 radical (unpaired) electrons. The Kier molecular flexibility index (Phi) is 9.89. The highest BCUT2D eigenvalue weighted by atomic mass is 16.6. The summed E-state index contributed by atoms with van der Waals surface area (Å²) >= 11 is 0. The summed E-state index contributed by atoms with van der Waals surface area (Å²) in [7, 11) is 3.06. The van der Waals surface area contributed by atoms with Crippen molar-refractivity contribution in [3.63, 3.8) is 0 Å². The molecule has 7 heteroatoms. The van der Waals surface area contributed by atoms with Crippen LogP contribution in [0.3, 0.4) is 0 Å². The smallest absolute Gasteiger partial charge is 0.254 e. The molecule has 1 saturated heterocycles. The molecule has 0 aliphatic carbocycles. The maximum atomic E-state index is 13.6. The fourth-order valence-corrected chi connectivity index (χ4v) is 4.62. The SMILES string of the molecule is COc1ccc(C(=O)N(C[C@H]2CNC[C@@H]2Cc2ccccc2)C(C)C)cc1CCNC(O)OC. The molecule has 1 fully saturated rings. The summed E-state index contributed by atoms with van der Waals surface area (Å²) in [6, 6.07) is 16.3. The van der Waals surface area contributed by atoms with Gasteiger partial charge in [-0.3, -0.25) is 10.1 Å². The second-order valence-corrected chi connectivity index (χ2v) is 9.24. The molecule has 1 unspecified atom stereocenters. The van der Waals surface area contributed by atoms with E-state index >= 15 is 0 Å². The molecule has 3 N–H and O–H groups in total. The largest absolute Gasteiger partial charge is 0.496 e. The monoisotopic (exact) mass is 469 g/mol. The number of nitrogens with zero attached hydrogens (tertiary/aromatic N) is 1. The second kappa shape index (κ2) is 12.9. The lowest BCUT2D eigenvalue weighted by molar-refractivity contribution is -0.0960. The van der Waals surface area contributed by atoms with Gasteiger partial charge in [0.2, 0.25) is 6.41 Å². The first-order valence-corrected chi connectivity index (χ1v) is 12.1. The van der Waals surface area contributed by atoms with Gasteiger partial charge in [0, 0.05) is 31.8 Å². The van der Waals surface area contributed by atoms with E-state index < -0.39 is 6.41 Å². The zero-order valence-corrected chi connectivity index (χ0v) is 20.8. The van der Waals surface area contributed by atoms with Gasteiger partial charge in [0.05, 0.1) is 7.11 Å². The predicted molar refractivity (Wildman–Crippen MR) is 134 cm³/mol. The lowest BCUT2D eigenvalue weighted by Gasteiger charge is -2.32. The average Bonchev–Trinajstić information content (AvgIpc) is 3.28. The number of nitrogens with one attached hydrogen (secondary N) is 2. The number of aliphatic hydroxyl groups excluding tert-OH is 1. The van der Waals surface area contributed by atoms with Gasteiger partial charge in [-0.1, -0.05) is 30.3 Å². The van der Waals surface area contributed by atoms with Gasteiger partial charge in [-0.05, 0) is 80.9 Å². The molecule has 0 spiro atoms. The van der Waals surface area contributed by atoms with Crippen LogP contribution in [0.1, 0.15) is 35.3 Å². The zero-order chi connectivity index (χ0) is 24.5. The molecule has 0 saturated carbocycles. The van der Waals surface area contributed by atoms with E-state index in [1.807, 2.05) is 29.2 Å². The summed E-state index contributed by atoms with van der Waals surface area (Å²) in [6.45, 7) is 7.28. The Balaban J connectivity index is 1.71. The van der Waals surface area contributed by atoms with Crippen LogP contribution in [0.4, 0.5) is 0 Å². The lowest BCUT2D eigenvalue weighted by Crippen LogP contribution is -2.42. The van der Waals surface area contributed by atoms with Crippen LogP contribution >= 0.6 is 0 Å². The molecule has 1 heterocycles. The third-order valence-electron chi connectivity index (χ3n) is 6.60. The zero-order valence-electron chi connectivity index (χ0n) is 20.8. The van der Waals surface area contributed by atoms with Crippen molar-refractivity contribution in [1.29, 1.82) is 0 Å². The van der Waals surface area contributed by atoms with E-state index in [-0.39, 0.29) is 11.9 Å². The van der Waals surface area contributed by atoms with Crippen molar-refractivity contribution in [3.05, 3.63) is 65.2 Å². The summed E-state index contributed by atoms with van der Waals surface area (Å²) in [6.07, 6.45) is 0.597. The predicted octanol–water partition coefficient (Wildman–Crippen LogP) is 2.68. The first-order valence-electron chi connectivity index (χ1n) is 12.1. The summed E-state index contributed by atoms with van der Waals surface area (Å²) in [5.41, 5.74) is 2.91. The minimum Gasteiger partial charge on any atom is -0.496 e. The van der Waals surface area contributed by atoms with Gasteiger partial charge >= 0.3 is 0 Å². The summed E-state index contributed by atoms with van der Waals surface area (Å²) < 4.78 is 10.3. The fourth-order valence-electron chi connectivity index (χ4n) is 4.62. The molecule has 3 atom stereocenters. The summed E-state index contributed by atoms with van der Waals surface area (Å²) in [4.78, 5) is 15.6. The molecular formula is C27H39N3O4. The number of carbonyl (C=O) groups is 1. The average molecular weight is 470 g/mol. The van der Waals surface area contributed by atoms with E-state index in [0.29, 0.717) is 30.4 Å². The van der Waals surface area contributed by atoms with E-state index in [1.54, 1.807) is 7.11 Å². The molecule has 0 bridgehead atoms. The number of ether oxygens (including phenoxy) is 2. The van der Waals surface area contributed by atoms with Crippen LogP contribution in [0.2, 0.25) is 0 Å². The first-order chi connectivity index (χ1) is 16.4. The standard InChI is InChI=1S/C27H39N3O4/c1-19(2)30(18-24-17-28-16-23(24)14-20-8-6-5-7-9-20)26(31)22-10-11-25(33-3)21(15-22)12-13-29-27(32)34-4/h5-11,15,19,23-24,27-29,32H,12-14,16-18H2,1-4H3/t23-,24+,27?/m0/s1. The van der Waals surface area contributed by atoms with Crippen LogP contribution < -0.4 is 15.4 Å². The molecule has 1 aliphatic rings. The van der Waals surface area contributed by atoms with E-state index in [2.05, 4.69) is 48.7 Å². The molecule has 1 aliphatic heterocycles. The fraction of sp³-hybridized carbons (Fsp3) is 0.519. The molecule has 34 heavy (non-hydrogen) atoms. The van der Waals surface area contributed by atoms with Crippen LogP contribution in [0, 0.1) is 11.8 Å². The van der Waals surface area contributed by atoms with E-state index in [9.17, 15) is 9.90 Å². The number of hydrogen-bond acceptors (Lipinski definition) is 6. The van der Waals surface area contributed by atoms with Gasteiger partial charge in [0.15, 0.2) is 0 Å². The normalized spacial score (nSPS) is 18.8. The summed E-state index contributed by atoms with van der Waals surface area (Å²) in [5.74, 6) is 1.67. The number of hydrogen-bond donors (Lipinski definition) is 3. The van der Waals surface area contributed by atoms with Crippen molar-refractivity contribution in [2.45, 2.75) is 39.1 Å². The Bertz CT molecular complexity index is 906. The lowest BCUT2D eigenvalue weighted by atomic mass is 9.89. The number of aliphatic hydroxyl groups is 1. The molecule has 186 valence electrons. The maximum absolute atomic E-state index is 13.6. The van der Waals surface area contributed by atoms with Gasteiger partial charge in [0.1, 0.15) is 5.75 Å². The Labute approximate surface area is 203 Å². The minimum absolute atomic E-state index is 0.0362. The highest BCUT2D eigenvalue weighted by Gasteiger charge is 2.31. The van der Waals surface area contributed by atoms with Gasteiger partial charge < -0.3 is 24.8 Å². The van der Waals surface area contributed by atoms with Gasteiger partial charge in [-0.15, -0.1) is 0 Å². The third-order valence-corrected chi connectivity index (χ3v) is 6.60. The highest BCUT2D eigenvalue weighted by molar-refractivity contribution is 5.94. The van der Waals surface area contributed by atoms with Gasteiger partial charge in [-0.25, -0.2) is 0 Å². The van der Waals surface area contributed by atoms with Crippen LogP contribution in [0.15, 0.2) is 48.5 Å². The van der Waals surface area contributed by atoms with Crippen LogP contribution in [-0.4, -0.2) is 68.8 Å². The van der Waals surface area contributed by atoms with Crippen molar-refractivity contribution < 1.29 is 19.4 Å². The maximum Gasteiger partial charge on any atom is 0.254 e.